The van der Waals surface area contributed by atoms with Crippen molar-refractivity contribution in [1.82, 2.24) is 9.97 Å². The quantitative estimate of drug-likeness (QED) is 0.475. The maximum Gasteiger partial charge on any atom is 0.223 e. The number of hydrogen-bond acceptors (Lipinski definition) is 4. The van der Waals surface area contributed by atoms with Gasteiger partial charge in [-0.05, 0) is 0 Å². The summed E-state index contributed by atoms with van der Waals surface area (Å²) in [7, 11) is 0. The minimum atomic E-state index is -0.155. The van der Waals surface area contributed by atoms with Gasteiger partial charge in [-0.1, -0.05) is 0 Å². The Morgan fingerprint density at radius 2 is 2.50 bits per heavy atom. The number of nitrogens with zero attached hydrogens (tertiary/aromatic N) is 2. The van der Waals surface area contributed by atoms with Crippen LogP contribution in [0.25, 0.3) is 0 Å². The summed E-state index contributed by atoms with van der Waals surface area (Å²) in [6, 6.07) is 1.23. The molecule has 4 nitrogen and oxygen atoms in total. The molecule has 0 saturated carbocycles. The van der Waals surface area contributed by atoms with Crippen molar-refractivity contribution in [2.24, 2.45) is 0 Å². The topological polar surface area (TPSA) is 72.0 Å². The summed E-state index contributed by atoms with van der Waals surface area (Å²) in [4.78, 5) is 6.79. The zero-order valence-electron chi connectivity index (χ0n) is 4.00. The van der Waals surface area contributed by atoms with Crippen LogP contribution < -0.4 is 5.73 Å². The van der Waals surface area contributed by atoms with Gasteiger partial charge in [-0.3, -0.25) is 0 Å². The van der Waals surface area contributed by atoms with Gasteiger partial charge in [0.05, 0.1) is 6.20 Å². The van der Waals surface area contributed by atoms with E-state index in [1.54, 1.807) is 0 Å². The molecule has 8 heavy (non-hydrogen) atoms. The lowest BCUT2D eigenvalue weighted by Gasteiger charge is -1.87. The summed E-state index contributed by atoms with van der Waals surface area (Å²) in [5.74, 6) is -0.123. The molecule has 0 saturated heterocycles. The molecule has 0 aromatic carbocycles. The first-order chi connectivity index (χ1) is 3.79. The molecule has 0 atom stereocenters. The first-order valence-electron chi connectivity index (χ1n) is 1.98. The predicted molar refractivity (Wildman–Crippen MR) is 26.9 cm³/mol. The SMILES string of the molecule is Nc1n[c]cc(O)n1. The maximum atomic E-state index is 8.55. The summed E-state index contributed by atoms with van der Waals surface area (Å²) in [6.07, 6.45) is 2.34. The van der Waals surface area contributed by atoms with Crippen molar-refractivity contribution >= 4 is 5.95 Å². The van der Waals surface area contributed by atoms with Crippen LogP contribution in [0.4, 0.5) is 5.95 Å². The van der Waals surface area contributed by atoms with Gasteiger partial charge in [-0.2, -0.15) is 4.98 Å². The molecule has 0 amide bonds. The van der Waals surface area contributed by atoms with Gasteiger partial charge >= 0.3 is 0 Å². The number of nitrogen functional groups attached to an aromatic ring is 1. The monoisotopic (exact) mass is 110 g/mol. The van der Waals surface area contributed by atoms with E-state index in [4.69, 9.17) is 10.8 Å². The zero-order chi connectivity index (χ0) is 5.98. The largest absolute Gasteiger partial charge is 0.493 e. The molecular weight excluding hydrogens is 106 g/mol. The molecule has 1 aromatic heterocycles. The number of rotatable bonds is 0. The maximum absolute atomic E-state index is 8.55. The number of nitrogens with two attached hydrogens (primary N) is 1. The molecule has 0 aliphatic carbocycles. The molecule has 1 aromatic rings. The van der Waals surface area contributed by atoms with Crippen molar-refractivity contribution in [2.45, 2.75) is 0 Å². The van der Waals surface area contributed by atoms with Crippen molar-refractivity contribution < 1.29 is 5.11 Å². The van der Waals surface area contributed by atoms with Crippen molar-refractivity contribution in [3.05, 3.63) is 12.3 Å². The van der Waals surface area contributed by atoms with E-state index in [1.807, 2.05) is 0 Å². The Bertz CT molecular complexity index is 171. The molecular formula is C4H4N3O. The van der Waals surface area contributed by atoms with Gasteiger partial charge in [0.1, 0.15) is 0 Å². The summed E-state index contributed by atoms with van der Waals surface area (Å²) < 4.78 is 0. The molecule has 4 heteroatoms. The Hall–Kier alpha value is -1.32. The molecule has 0 aliphatic heterocycles. The molecule has 3 N–H and O–H groups in total. The minimum Gasteiger partial charge on any atom is -0.493 e. The third-order valence-electron chi connectivity index (χ3n) is 0.602. The highest BCUT2D eigenvalue weighted by Crippen LogP contribution is 1.99. The first-order valence-corrected chi connectivity index (χ1v) is 1.98. The number of aromatic nitrogens is 2. The second-order valence-electron chi connectivity index (χ2n) is 1.21. The Kier molecular flexibility index (Phi) is 0.997. The number of aromatic hydroxyl groups is 1. The third kappa shape index (κ3) is 0.841. The number of hydrogen-bond donors (Lipinski definition) is 2. The molecule has 1 radical (unpaired) electrons. The highest BCUT2D eigenvalue weighted by Gasteiger charge is 1.87. The normalized spacial score (nSPS) is 9.00. The second-order valence-corrected chi connectivity index (χ2v) is 1.21. The molecule has 41 valence electrons. The smallest absolute Gasteiger partial charge is 0.223 e. The van der Waals surface area contributed by atoms with E-state index in [0.717, 1.165) is 0 Å². The van der Waals surface area contributed by atoms with Gasteiger partial charge in [0.15, 0.2) is 0 Å². The highest BCUT2D eigenvalue weighted by atomic mass is 16.3. The third-order valence-corrected chi connectivity index (χ3v) is 0.602. The lowest BCUT2D eigenvalue weighted by molar-refractivity contribution is 0.453. The lowest BCUT2D eigenvalue weighted by Crippen LogP contribution is -1.91. The second kappa shape index (κ2) is 1.65. The summed E-state index contributed by atoms with van der Waals surface area (Å²) >= 11 is 0. The van der Waals surface area contributed by atoms with Gasteiger partial charge in [-0.25, -0.2) is 4.98 Å². The fraction of sp³-hybridized carbons (Fsp3) is 0. The van der Waals surface area contributed by atoms with E-state index in [1.165, 1.54) is 6.07 Å². The van der Waals surface area contributed by atoms with Crippen molar-refractivity contribution in [2.75, 3.05) is 5.73 Å². The Balaban J connectivity index is 3.08. The number of anilines is 1. The molecule has 1 rings (SSSR count). The van der Waals surface area contributed by atoms with Crippen LogP contribution in [0.1, 0.15) is 0 Å². The van der Waals surface area contributed by atoms with Crippen LogP contribution in [-0.4, -0.2) is 15.1 Å². The predicted octanol–water partition coefficient (Wildman–Crippen LogP) is -0.435. The van der Waals surface area contributed by atoms with E-state index in [9.17, 15) is 0 Å². The van der Waals surface area contributed by atoms with E-state index < -0.39 is 0 Å². The molecule has 0 aliphatic rings. The summed E-state index contributed by atoms with van der Waals surface area (Å²) in [6.45, 7) is 0. The van der Waals surface area contributed by atoms with Gasteiger partial charge in [0.25, 0.3) is 0 Å². The Labute approximate surface area is 46.0 Å². The van der Waals surface area contributed by atoms with E-state index in [2.05, 4.69) is 16.2 Å². The molecule has 1 heterocycles. The zero-order valence-corrected chi connectivity index (χ0v) is 4.00. The van der Waals surface area contributed by atoms with Gasteiger partial charge in [0.2, 0.25) is 11.8 Å². The minimum absolute atomic E-state index is 0.0324. The van der Waals surface area contributed by atoms with E-state index in [-0.39, 0.29) is 11.8 Å². The van der Waals surface area contributed by atoms with Crippen LogP contribution in [-0.2, 0) is 0 Å². The average Bonchev–Trinajstić information content (AvgIpc) is 1.64. The van der Waals surface area contributed by atoms with E-state index in [0.29, 0.717) is 0 Å². The van der Waals surface area contributed by atoms with Crippen molar-refractivity contribution in [3.63, 3.8) is 0 Å². The van der Waals surface area contributed by atoms with E-state index >= 15 is 0 Å². The van der Waals surface area contributed by atoms with Crippen molar-refractivity contribution in [3.8, 4) is 5.88 Å². The Morgan fingerprint density at radius 3 is 2.88 bits per heavy atom. The standard InChI is InChI=1S/C4H4N3O/c5-4-6-2-1-3(8)7-4/h1H,(H3,5,6,7,8). The van der Waals surface area contributed by atoms with Crippen LogP contribution in [0.15, 0.2) is 6.07 Å². The molecule has 0 unspecified atom stereocenters. The van der Waals surface area contributed by atoms with Gasteiger partial charge < -0.3 is 10.8 Å². The van der Waals surface area contributed by atoms with Crippen LogP contribution in [0, 0.1) is 6.20 Å². The first kappa shape index (κ1) is 4.83. The highest BCUT2D eigenvalue weighted by molar-refractivity contribution is 5.18. The summed E-state index contributed by atoms with van der Waals surface area (Å²) in [5.41, 5.74) is 5.05. The van der Waals surface area contributed by atoms with Crippen LogP contribution in [0.2, 0.25) is 0 Å². The summed E-state index contributed by atoms with van der Waals surface area (Å²) in [5, 5.41) is 8.55. The lowest BCUT2D eigenvalue weighted by atomic mass is 10.6. The van der Waals surface area contributed by atoms with Gasteiger partial charge in [-0.15, -0.1) is 0 Å². The Morgan fingerprint density at radius 1 is 1.75 bits per heavy atom. The average molecular weight is 110 g/mol. The van der Waals surface area contributed by atoms with Crippen LogP contribution in [0.5, 0.6) is 5.88 Å². The molecule has 0 fully saturated rings. The molecule has 0 bridgehead atoms. The van der Waals surface area contributed by atoms with Crippen molar-refractivity contribution in [1.29, 1.82) is 0 Å². The van der Waals surface area contributed by atoms with Gasteiger partial charge in [0, 0.05) is 6.07 Å². The van der Waals surface area contributed by atoms with Crippen LogP contribution >= 0.6 is 0 Å². The van der Waals surface area contributed by atoms with Crippen LogP contribution in [0.3, 0.4) is 0 Å². The molecule has 0 spiro atoms. The fourth-order valence-electron chi connectivity index (χ4n) is 0.331. The fourth-order valence-corrected chi connectivity index (χ4v) is 0.331.